The fourth-order valence-corrected chi connectivity index (χ4v) is 6.12. The SMILES string of the molecule is CCS(=O)(=O)N(CC(=O)N(Cc1ccc(Cl)c(Cl)c1)[C@@H](C)C(=O)NC1CCCCC1)c1ccc2c(c1)OCO2. The summed E-state index contributed by atoms with van der Waals surface area (Å²) in [6.45, 7) is 2.72. The van der Waals surface area contributed by atoms with Gasteiger partial charge in [-0.1, -0.05) is 48.5 Å². The summed E-state index contributed by atoms with van der Waals surface area (Å²) in [5.41, 5.74) is 0.922. The van der Waals surface area contributed by atoms with Gasteiger partial charge in [-0.2, -0.15) is 0 Å². The predicted octanol–water partition coefficient (Wildman–Crippen LogP) is 4.74. The number of halogens is 2. The van der Waals surface area contributed by atoms with Gasteiger partial charge >= 0.3 is 0 Å². The highest BCUT2D eigenvalue weighted by Crippen LogP contribution is 2.36. The second kappa shape index (κ2) is 12.7. The van der Waals surface area contributed by atoms with Crippen molar-refractivity contribution in [3.63, 3.8) is 0 Å². The molecule has 1 N–H and O–H groups in total. The second-order valence-corrected chi connectivity index (χ2v) is 12.7. The average Bonchev–Trinajstić information content (AvgIpc) is 3.40. The first-order valence-corrected chi connectivity index (χ1v) is 15.4. The number of amides is 2. The zero-order valence-electron chi connectivity index (χ0n) is 22.0. The minimum Gasteiger partial charge on any atom is -0.454 e. The Balaban J connectivity index is 1.62. The molecule has 0 saturated heterocycles. The number of sulfonamides is 1. The van der Waals surface area contributed by atoms with Crippen LogP contribution in [-0.2, 0) is 26.2 Å². The maximum Gasteiger partial charge on any atom is 0.244 e. The van der Waals surface area contributed by atoms with Gasteiger partial charge in [-0.25, -0.2) is 8.42 Å². The molecule has 1 saturated carbocycles. The van der Waals surface area contributed by atoms with Crippen molar-refractivity contribution in [3.8, 4) is 11.5 Å². The molecule has 1 aliphatic heterocycles. The fourth-order valence-electron chi connectivity index (χ4n) is 4.75. The number of ether oxygens (including phenoxy) is 2. The number of hydrogen-bond acceptors (Lipinski definition) is 6. The van der Waals surface area contributed by atoms with Gasteiger partial charge in [-0.15, -0.1) is 0 Å². The number of fused-ring (bicyclic) bond motifs is 1. The molecule has 2 aromatic carbocycles. The topological polar surface area (TPSA) is 105 Å². The van der Waals surface area contributed by atoms with E-state index < -0.39 is 28.5 Å². The van der Waals surface area contributed by atoms with E-state index in [9.17, 15) is 18.0 Å². The van der Waals surface area contributed by atoms with Gasteiger partial charge in [0.05, 0.1) is 21.5 Å². The lowest BCUT2D eigenvalue weighted by Crippen LogP contribution is -2.53. The van der Waals surface area contributed by atoms with Crippen molar-refractivity contribution >= 4 is 50.7 Å². The van der Waals surface area contributed by atoms with Crippen LogP contribution < -0.4 is 19.1 Å². The number of carbonyl (C=O) groups is 2. The van der Waals surface area contributed by atoms with Crippen molar-refractivity contribution in [3.05, 3.63) is 52.0 Å². The molecule has 2 aromatic rings. The van der Waals surface area contributed by atoms with Gasteiger partial charge in [-0.3, -0.25) is 13.9 Å². The molecule has 0 aromatic heterocycles. The summed E-state index contributed by atoms with van der Waals surface area (Å²) in [6.07, 6.45) is 5.03. The van der Waals surface area contributed by atoms with Gasteiger partial charge in [-0.05, 0) is 56.5 Å². The van der Waals surface area contributed by atoms with Gasteiger partial charge in [0, 0.05) is 18.7 Å². The third kappa shape index (κ3) is 7.10. The van der Waals surface area contributed by atoms with E-state index in [4.69, 9.17) is 32.7 Å². The molecule has 4 rings (SSSR count). The maximum absolute atomic E-state index is 13.8. The van der Waals surface area contributed by atoms with Crippen molar-refractivity contribution in [1.82, 2.24) is 10.2 Å². The molecule has 0 radical (unpaired) electrons. The van der Waals surface area contributed by atoms with Crippen LogP contribution in [0.25, 0.3) is 0 Å². The van der Waals surface area contributed by atoms with Gasteiger partial charge in [0.2, 0.25) is 28.6 Å². The monoisotopic (exact) mass is 597 g/mol. The molecule has 1 atom stereocenters. The first-order chi connectivity index (χ1) is 18.6. The van der Waals surface area contributed by atoms with Crippen LogP contribution in [0, 0.1) is 0 Å². The Labute approximate surface area is 239 Å². The van der Waals surface area contributed by atoms with Gasteiger partial charge in [0.25, 0.3) is 0 Å². The maximum atomic E-state index is 13.8. The number of nitrogens with one attached hydrogen (secondary N) is 1. The molecule has 1 heterocycles. The second-order valence-electron chi connectivity index (χ2n) is 9.73. The van der Waals surface area contributed by atoms with E-state index in [2.05, 4.69) is 5.32 Å². The minimum atomic E-state index is -3.86. The summed E-state index contributed by atoms with van der Waals surface area (Å²) in [5, 5.41) is 3.75. The summed E-state index contributed by atoms with van der Waals surface area (Å²) in [4.78, 5) is 28.5. The van der Waals surface area contributed by atoms with E-state index in [0.29, 0.717) is 27.1 Å². The minimum absolute atomic E-state index is 0.0310. The zero-order chi connectivity index (χ0) is 28.2. The van der Waals surface area contributed by atoms with Crippen LogP contribution in [0.2, 0.25) is 10.0 Å². The molecule has 212 valence electrons. The lowest BCUT2D eigenvalue weighted by molar-refractivity contribution is -0.139. The van der Waals surface area contributed by atoms with E-state index in [1.165, 1.54) is 17.9 Å². The molecule has 0 unspecified atom stereocenters. The first kappa shape index (κ1) is 29.3. The largest absolute Gasteiger partial charge is 0.454 e. The van der Waals surface area contributed by atoms with Crippen LogP contribution in [0.3, 0.4) is 0 Å². The van der Waals surface area contributed by atoms with Crippen LogP contribution >= 0.6 is 23.2 Å². The Bertz CT molecular complexity index is 1320. The molecule has 0 bridgehead atoms. The smallest absolute Gasteiger partial charge is 0.244 e. The predicted molar refractivity (Wildman–Crippen MR) is 151 cm³/mol. The lowest BCUT2D eigenvalue weighted by Gasteiger charge is -2.33. The van der Waals surface area contributed by atoms with E-state index >= 15 is 0 Å². The first-order valence-electron chi connectivity index (χ1n) is 13.0. The van der Waals surface area contributed by atoms with Crippen molar-refractivity contribution < 1.29 is 27.5 Å². The summed E-state index contributed by atoms with van der Waals surface area (Å²) in [6, 6.07) is 8.87. The van der Waals surface area contributed by atoms with Gasteiger partial charge in [0.15, 0.2) is 11.5 Å². The standard InChI is InChI=1S/C27H33Cl2N3O6S/c1-3-39(35,36)32(21-10-12-24-25(14-21)38-17-37-24)16-26(33)31(15-19-9-11-22(28)23(29)13-19)18(2)27(34)30-20-7-5-4-6-8-20/h9-14,18,20H,3-8,15-17H2,1-2H3,(H,30,34)/t18-/m0/s1. The highest BCUT2D eigenvalue weighted by Gasteiger charge is 2.32. The normalized spacial score (nSPS) is 16.0. The lowest BCUT2D eigenvalue weighted by atomic mass is 9.95. The van der Waals surface area contributed by atoms with Crippen molar-refractivity contribution in [1.29, 1.82) is 0 Å². The van der Waals surface area contributed by atoms with Crippen molar-refractivity contribution in [2.75, 3.05) is 23.4 Å². The summed E-state index contributed by atoms with van der Waals surface area (Å²) in [7, 11) is -3.86. The highest BCUT2D eigenvalue weighted by molar-refractivity contribution is 7.92. The van der Waals surface area contributed by atoms with Crippen LogP contribution in [-0.4, -0.2) is 56.3 Å². The molecule has 0 spiro atoms. The third-order valence-corrected chi connectivity index (χ3v) is 9.56. The third-order valence-electron chi connectivity index (χ3n) is 7.08. The fraction of sp³-hybridized carbons (Fsp3) is 0.481. The summed E-state index contributed by atoms with van der Waals surface area (Å²) >= 11 is 12.3. The number of nitrogens with zero attached hydrogens (tertiary/aromatic N) is 2. The Morgan fingerprint density at radius 2 is 1.74 bits per heavy atom. The number of anilines is 1. The molecular weight excluding hydrogens is 565 g/mol. The molecular formula is C27H33Cl2N3O6S. The Morgan fingerprint density at radius 3 is 2.44 bits per heavy atom. The number of hydrogen-bond donors (Lipinski definition) is 1. The quantitative estimate of drug-likeness (QED) is 0.424. The Kier molecular flexibility index (Phi) is 9.51. The average molecular weight is 599 g/mol. The van der Waals surface area contributed by atoms with E-state index in [-0.39, 0.29) is 36.7 Å². The molecule has 2 aliphatic rings. The van der Waals surface area contributed by atoms with E-state index in [0.717, 1.165) is 36.4 Å². The van der Waals surface area contributed by atoms with Crippen LogP contribution in [0.5, 0.6) is 11.5 Å². The van der Waals surface area contributed by atoms with Crippen LogP contribution in [0.1, 0.15) is 51.5 Å². The summed E-state index contributed by atoms with van der Waals surface area (Å²) < 4.78 is 38.1. The molecule has 12 heteroatoms. The number of benzene rings is 2. The number of rotatable bonds is 10. The van der Waals surface area contributed by atoms with Gasteiger partial charge in [0.1, 0.15) is 12.6 Å². The molecule has 2 amide bonds. The van der Waals surface area contributed by atoms with Crippen molar-refractivity contribution in [2.24, 2.45) is 0 Å². The number of carbonyl (C=O) groups excluding carboxylic acids is 2. The molecule has 1 fully saturated rings. The van der Waals surface area contributed by atoms with E-state index in [1.807, 2.05) is 0 Å². The molecule has 39 heavy (non-hydrogen) atoms. The molecule has 9 nitrogen and oxygen atoms in total. The summed E-state index contributed by atoms with van der Waals surface area (Å²) in [5.74, 6) is -0.165. The van der Waals surface area contributed by atoms with E-state index in [1.54, 1.807) is 37.3 Å². The van der Waals surface area contributed by atoms with Crippen LogP contribution in [0.4, 0.5) is 5.69 Å². The highest BCUT2D eigenvalue weighted by atomic mass is 35.5. The zero-order valence-corrected chi connectivity index (χ0v) is 24.3. The Morgan fingerprint density at radius 1 is 1.03 bits per heavy atom. The molecule has 1 aliphatic carbocycles. The van der Waals surface area contributed by atoms with Crippen molar-refractivity contribution in [2.45, 2.75) is 64.6 Å². The van der Waals surface area contributed by atoms with Crippen LogP contribution in [0.15, 0.2) is 36.4 Å². The Hall–Kier alpha value is -2.69. The van der Waals surface area contributed by atoms with Gasteiger partial charge < -0.3 is 19.7 Å².